The van der Waals surface area contributed by atoms with Gasteiger partial charge in [-0.1, -0.05) is 6.92 Å². The van der Waals surface area contributed by atoms with Crippen molar-refractivity contribution in [1.82, 2.24) is 14.8 Å². The van der Waals surface area contributed by atoms with E-state index < -0.39 is 0 Å². The Hall–Kier alpha value is -3.35. The number of pyridine rings is 1. The first-order chi connectivity index (χ1) is 14.0. The molecule has 2 aromatic heterocycles. The van der Waals surface area contributed by atoms with E-state index in [1.807, 2.05) is 10.7 Å². The fourth-order valence-electron chi connectivity index (χ4n) is 3.76. The van der Waals surface area contributed by atoms with E-state index in [1.54, 1.807) is 31.3 Å². The van der Waals surface area contributed by atoms with Gasteiger partial charge in [0.15, 0.2) is 0 Å². The highest BCUT2D eigenvalue weighted by atomic mass is 19.1. The average molecular weight is 392 g/mol. The third kappa shape index (κ3) is 3.44. The molecule has 2 amide bonds. The van der Waals surface area contributed by atoms with Gasteiger partial charge in [0.25, 0.3) is 0 Å². The van der Waals surface area contributed by atoms with Crippen molar-refractivity contribution in [2.75, 3.05) is 4.90 Å². The van der Waals surface area contributed by atoms with Crippen molar-refractivity contribution in [1.29, 1.82) is 0 Å². The number of imide groups is 1. The van der Waals surface area contributed by atoms with Gasteiger partial charge >= 0.3 is 0 Å². The summed E-state index contributed by atoms with van der Waals surface area (Å²) in [5, 5.41) is 4.75. The number of hydrogen-bond acceptors (Lipinski definition) is 4. The van der Waals surface area contributed by atoms with Crippen LogP contribution in [0.15, 0.2) is 42.6 Å². The van der Waals surface area contributed by atoms with E-state index in [1.165, 1.54) is 19.1 Å². The van der Waals surface area contributed by atoms with Crippen molar-refractivity contribution in [3.05, 3.63) is 54.1 Å². The number of anilines is 1. The average Bonchev–Trinajstić information content (AvgIpc) is 3.29. The maximum absolute atomic E-state index is 13.4. The lowest BCUT2D eigenvalue weighted by molar-refractivity contribution is -0.125. The molecular weight excluding hydrogens is 371 g/mol. The van der Waals surface area contributed by atoms with Crippen LogP contribution < -0.4 is 4.90 Å². The van der Waals surface area contributed by atoms with Gasteiger partial charge in [-0.25, -0.2) is 14.3 Å². The van der Waals surface area contributed by atoms with Crippen molar-refractivity contribution in [2.45, 2.75) is 39.7 Å². The highest BCUT2D eigenvalue weighted by Crippen LogP contribution is 2.38. The summed E-state index contributed by atoms with van der Waals surface area (Å²) in [5.41, 5.74) is 4.43. The summed E-state index contributed by atoms with van der Waals surface area (Å²) in [6.07, 6.45) is 3.68. The predicted molar refractivity (Wildman–Crippen MR) is 108 cm³/mol. The molecule has 0 radical (unpaired) electrons. The first kappa shape index (κ1) is 19.0. The Morgan fingerprint density at radius 1 is 1.17 bits per heavy atom. The maximum Gasteiger partial charge on any atom is 0.234 e. The monoisotopic (exact) mass is 392 g/mol. The summed E-state index contributed by atoms with van der Waals surface area (Å²) in [5.74, 6) is -0.685. The van der Waals surface area contributed by atoms with E-state index in [-0.39, 0.29) is 24.1 Å². The van der Waals surface area contributed by atoms with Crippen molar-refractivity contribution < 1.29 is 14.0 Å². The number of fused-ring (bicyclic) bond motifs is 1. The third-order valence-corrected chi connectivity index (χ3v) is 5.09. The molecule has 3 heterocycles. The van der Waals surface area contributed by atoms with Gasteiger partial charge in [0.1, 0.15) is 17.3 Å². The molecule has 0 N–H and O–H groups in total. The van der Waals surface area contributed by atoms with E-state index in [2.05, 4.69) is 4.98 Å². The topological polar surface area (TPSA) is 68.1 Å². The van der Waals surface area contributed by atoms with Crippen LogP contribution in [0.4, 0.5) is 10.2 Å². The van der Waals surface area contributed by atoms with E-state index in [0.29, 0.717) is 5.82 Å². The lowest BCUT2D eigenvalue weighted by Gasteiger charge is -2.18. The van der Waals surface area contributed by atoms with Crippen molar-refractivity contribution in [3.8, 4) is 22.4 Å². The standard InChI is InChI=1S/C22H21FN4O2/c1-3-20(29)27(14(2)28)19-13-16(10-11-24-19)21-18-5-4-12-26(18)25-22(21)15-6-8-17(23)9-7-15/h6-11,13H,3-5,12H2,1-2H3. The second-order valence-corrected chi connectivity index (χ2v) is 7.01. The lowest BCUT2D eigenvalue weighted by atomic mass is 9.98. The van der Waals surface area contributed by atoms with E-state index in [4.69, 9.17) is 5.10 Å². The van der Waals surface area contributed by atoms with Gasteiger partial charge in [0.2, 0.25) is 11.8 Å². The molecule has 4 rings (SSSR count). The van der Waals surface area contributed by atoms with Crippen LogP contribution in [0.5, 0.6) is 0 Å². The minimum absolute atomic E-state index is 0.204. The Bertz CT molecular complexity index is 1090. The molecule has 1 aliphatic heterocycles. The van der Waals surface area contributed by atoms with Gasteiger partial charge in [-0.15, -0.1) is 0 Å². The zero-order valence-corrected chi connectivity index (χ0v) is 16.4. The van der Waals surface area contributed by atoms with Crippen molar-refractivity contribution >= 4 is 17.6 Å². The quantitative estimate of drug-likeness (QED) is 0.673. The molecule has 148 valence electrons. The number of carbonyl (C=O) groups excluding carboxylic acids is 2. The summed E-state index contributed by atoms with van der Waals surface area (Å²) in [6, 6.07) is 9.85. The van der Waals surface area contributed by atoms with Crippen LogP contribution in [0, 0.1) is 5.82 Å². The second kappa shape index (κ2) is 7.58. The smallest absolute Gasteiger partial charge is 0.234 e. The fourth-order valence-corrected chi connectivity index (χ4v) is 3.76. The number of aromatic nitrogens is 3. The van der Waals surface area contributed by atoms with Crippen molar-refractivity contribution in [2.24, 2.45) is 0 Å². The normalized spacial score (nSPS) is 12.7. The Labute approximate surface area is 168 Å². The van der Waals surface area contributed by atoms with Crippen LogP contribution in [0.1, 0.15) is 32.4 Å². The SMILES string of the molecule is CCC(=O)N(C(C)=O)c1cc(-c2c(-c3ccc(F)cc3)nn3c2CCC3)ccn1. The van der Waals surface area contributed by atoms with Gasteiger partial charge in [-0.3, -0.25) is 14.3 Å². The van der Waals surface area contributed by atoms with Crippen LogP contribution in [-0.4, -0.2) is 26.6 Å². The Kier molecular flexibility index (Phi) is 4.96. The van der Waals surface area contributed by atoms with Crippen LogP contribution >= 0.6 is 0 Å². The lowest BCUT2D eigenvalue weighted by Crippen LogP contribution is -2.35. The zero-order chi connectivity index (χ0) is 20.5. The van der Waals surface area contributed by atoms with E-state index >= 15 is 0 Å². The van der Waals surface area contributed by atoms with E-state index in [0.717, 1.165) is 52.4 Å². The Morgan fingerprint density at radius 2 is 1.93 bits per heavy atom. The molecule has 7 heteroatoms. The molecule has 0 saturated carbocycles. The molecule has 0 aliphatic carbocycles. The molecule has 0 unspecified atom stereocenters. The molecule has 0 fully saturated rings. The second-order valence-electron chi connectivity index (χ2n) is 7.01. The van der Waals surface area contributed by atoms with E-state index in [9.17, 15) is 14.0 Å². The third-order valence-electron chi connectivity index (χ3n) is 5.09. The highest BCUT2D eigenvalue weighted by molar-refractivity contribution is 6.13. The van der Waals surface area contributed by atoms with Gasteiger partial charge in [-0.05, 0) is 54.8 Å². The Morgan fingerprint density at radius 3 is 2.62 bits per heavy atom. The Balaban J connectivity index is 1.86. The number of halogens is 1. The number of benzene rings is 1. The van der Waals surface area contributed by atoms with Crippen LogP contribution in [0.2, 0.25) is 0 Å². The van der Waals surface area contributed by atoms with Gasteiger partial charge < -0.3 is 0 Å². The number of rotatable bonds is 4. The van der Waals surface area contributed by atoms with Gasteiger partial charge in [0, 0.05) is 42.9 Å². The van der Waals surface area contributed by atoms with Gasteiger partial charge in [0.05, 0.1) is 0 Å². The summed E-state index contributed by atoms with van der Waals surface area (Å²) in [4.78, 5) is 29.7. The molecule has 6 nitrogen and oxygen atoms in total. The molecule has 1 aliphatic rings. The molecule has 0 saturated heterocycles. The van der Waals surface area contributed by atoms with Crippen LogP contribution in [-0.2, 0) is 22.6 Å². The number of hydrogen-bond donors (Lipinski definition) is 0. The molecule has 1 aromatic carbocycles. The number of carbonyl (C=O) groups is 2. The summed E-state index contributed by atoms with van der Waals surface area (Å²) in [7, 11) is 0. The fraction of sp³-hybridized carbons (Fsp3) is 0.273. The number of amides is 2. The largest absolute Gasteiger partial charge is 0.274 e. The highest BCUT2D eigenvalue weighted by Gasteiger charge is 2.26. The minimum atomic E-state index is -0.375. The molecule has 29 heavy (non-hydrogen) atoms. The summed E-state index contributed by atoms with van der Waals surface area (Å²) in [6.45, 7) is 3.89. The summed E-state index contributed by atoms with van der Waals surface area (Å²) < 4.78 is 15.4. The van der Waals surface area contributed by atoms with Crippen molar-refractivity contribution in [3.63, 3.8) is 0 Å². The van der Waals surface area contributed by atoms with Crippen LogP contribution in [0.3, 0.4) is 0 Å². The first-order valence-corrected chi connectivity index (χ1v) is 9.65. The zero-order valence-electron chi connectivity index (χ0n) is 16.4. The molecule has 3 aromatic rings. The summed E-state index contributed by atoms with van der Waals surface area (Å²) >= 11 is 0. The van der Waals surface area contributed by atoms with Gasteiger partial charge in [-0.2, -0.15) is 5.10 Å². The molecule has 0 atom stereocenters. The minimum Gasteiger partial charge on any atom is -0.274 e. The predicted octanol–water partition coefficient (Wildman–Crippen LogP) is 3.99. The maximum atomic E-state index is 13.4. The molecular formula is C22H21FN4O2. The number of aryl methyl sites for hydroxylation is 1. The number of nitrogens with zero attached hydrogens (tertiary/aromatic N) is 4. The first-order valence-electron chi connectivity index (χ1n) is 9.65. The van der Waals surface area contributed by atoms with Crippen LogP contribution in [0.25, 0.3) is 22.4 Å². The molecule has 0 spiro atoms. The molecule has 0 bridgehead atoms.